The van der Waals surface area contributed by atoms with Crippen molar-refractivity contribution in [3.8, 4) is 0 Å². The number of likely N-dealkylation sites (tertiary alicyclic amines) is 1. The molecule has 2 aliphatic heterocycles. The first-order chi connectivity index (χ1) is 19.5. The second-order valence-corrected chi connectivity index (χ2v) is 12.8. The van der Waals surface area contributed by atoms with Crippen molar-refractivity contribution in [1.29, 1.82) is 0 Å². The highest BCUT2D eigenvalue weighted by Gasteiger charge is 2.26. The highest BCUT2D eigenvalue weighted by atomic mass is 19.1. The summed E-state index contributed by atoms with van der Waals surface area (Å²) in [5.74, 6) is 2.37. The van der Waals surface area contributed by atoms with E-state index in [1.165, 1.54) is 101 Å². The van der Waals surface area contributed by atoms with Crippen molar-refractivity contribution in [3.63, 3.8) is 0 Å². The van der Waals surface area contributed by atoms with Crippen molar-refractivity contribution in [2.45, 2.75) is 123 Å². The number of benzene rings is 1. The van der Waals surface area contributed by atoms with Gasteiger partial charge in [-0.3, -0.25) is 4.99 Å². The Morgan fingerprint density at radius 3 is 2.40 bits per heavy atom. The van der Waals surface area contributed by atoms with Gasteiger partial charge in [0.25, 0.3) is 0 Å². The van der Waals surface area contributed by atoms with E-state index in [2.05, 4.69) is 43.1 Å². The van der Waals surface area contributed by atoms with Crippen molar-refractivity contribution in [1.82, 2.24) is 10.1 Å². The molecule has 0 bridgehead atoms. The van der Waals surface area contributed by atoms with Gasteiger partial charge in [0.05, 0.1) is 5.69 Å². The number of halogens is 1. The van der Waals surface area contributed by atoms with Gasteiger partial charge in [-0.1, -0.05) is 83.4 Å². The van der Waals surface area contributed by atoms with Crippen LogP contribution in [0.2, 0.25) is 0 Å². The monoisotopic (exact) mass is 551 g/mol. The number of unbranched alkanes of at least 4 members (excludes halogenated alkanes) is 5. The molecule has 2 unspecified atom stereocenters. The quantitative estimate of drug-likeness (QED) is 0.184. The molecule has 0 amide bonds. The van der Waals surface area contributed by atoms with Crippen LogP contribution < -0.4 is 0 Å². The lowest BCUT2D eigenvalue weighted by molar-refractivity contribution is 0.183. The molecule has 3 heterocycles. The van der Waals surface area contributed by atoms with Crippen LogP contribution in [0.4, 0.5) is 4.39 Å². The zero-order chi connectivity index (χ0) is 28.2. The summed E-state index contributed by atoms with van der Waals surface area (Å²) >= 11 is 0. The predicted molar refractivity (Wildman–Crippen MR) is 166 cm³/mol. The summed E-state index contributed by atoms with van der Waals surface area (Å²) in [5, 5.41) is 5.30. The molecule has 1 fully saturated rings. The summed E-state index contributed by atoms with van der Waals surface area (Å²) in [6.07, 6.45) is 23.8. The Hall–Kier alpha value is -2.01. The second kappa shape index (κ2) is 16.4. The average molecular weight is 552 g/mol. The van der Waals surface area contributed by atoms with Crippen LogP contribution in [-0.2, 0) is 0 Å². The van der Waals surface area contributed by atoms with Crippen LogP contribution in [0, 0.1) is 23.6 Å². The van der Waals surface area contributed by atoms with Gasteiger partial charge in [-0.05, 0) is 88.5 Å². The van der Waals surface area contributed by atoms with Crippen LogP contribution >= 0.6 is 0 Å². The van der Waals surface area contributed by atoms with Crippen LogP contribution in [0.3, 0.4) is 0 Å². The summed E-state index contributed by atoms with van der Waals surface area (Å²) in [6, 6.07) is 4.79. The number of hydrogen-bond acceptors (Lipinski definition) is 4. The first-order valence-corrected chi connectivity index (χ1v) is 16.5. The molecule has 2 aromatic rings. The molecule has 5 heteroatoms. The van der Waals surface area contributed by atoms with Crippen LogP contribution in [0.15, 0.2) is 39.5 Å². The fraction of sp³-hybridized carbons (Fsp3) is 0.714. The Morgan fingerprint density at radius 2 is 1.70 bits per heavy atom. The van der Waals surface area contributed by atoms with Crippen molar-refractivity contribution < 1.29 is 8.91 Å². The third-order valence-electron chi connectivity index (χ3n) is 9.54. The highest BCUT2D eigenvalue weighted by Crippen LogP contribution is 2.34. The minimum Gasteiger partial charge on any atom is -0.356 e. The van der Waals surface area contributed by atoms with E-state index < -0.39 is 0 Å². The molecule has 222 valence electrons. The van der Waals surface area contributed by atoms with Gasteiger partial charge in [0.15, 0.2) is 5.58 Å². The molecule has 40 heavy (non-hydrogen) atoms. The zero-order valence-electron chi connectivity index (χ0n) is 25.6. The summed E-state index contributed by atoms with van der Waals surface area (Å²) < 4.78 is 19.0. The highest BCUT2D eigenvalue weighted by molar-refractivity contribution is 5.79. The lowest BCUT2D eigenvalue weighted by Crippen LogP contribution is -2.35. The van der Waals surface area contributed by atoms with E-state index in [0.29, 0.717) is 17.4 Å². The fourth-order valence-corrected chi connectivity index (χ4v) is 6.85. The molecule has 1 aromatic heterocycles. The van der Waals surface area contributed by atoms with E-state index in [1.54, 1.807) is 0 Å². The Kier molecular flexibility index (Phi) is 12.7. The standard InChI is InChI=1S/C35H54FN3O/c1-4-5-6-8-14-29(33-16-11-12-22-37-33)15-10-7-9-13-28(27(2)3)19-23-39-24-20-30(21-25-39)35-32-18-17-31(36)26-34(32)40-38-35/h16-18,22,26-30H,4-15,19-21,23-25H2,1-3H3. The molecular weight excluding hydrogens is 497 g/mol. The van der Waals surface area contributed by atoms with Crippen LogP contribution in [0.25, 0.3) is 11.0 Å². The summed E-state index contributed by atoms with van der Waals surface area (Å²) in [6.45, 7) is 10.5. The minimum atomic E-state index is -0.265. The van der Waals surface area contributed by atoms with Gasteiger partial charge in [-0.2, -0.15) is 0 Å². The lowest BCUT2D eigenvalue weighted by Gasteiger charge is -2.33. The molecule has 0 N–H and O–H groups in total. The third-order valence-corrected chi connectivity index (χ3v) is 9.54. The van der Waals surface area contributed by atoms with Crippen molar-refractivity contribution in [2.24, 2.45) is 22.7 Å². The van der Waals surface area contributed by atoms with Gasteiger partial charge in [-0.25, -0.2) is 4.39 Å². The zero-order valence-corrected chi connectivity index (χ0v) is 25.6. The van der Waals surface area contributed by atoms with Crippen molar-refractivity contribution in [2.75, 3.05) is 19.6 Å². The summed E-state index contributed by atoms with van der Waals surface area (Å²) in [7, 11) is 0. The first-order valence-electron chi connectivity index (χ1n) is 16.5. The Labute approximate surface area is 242 Å². The number of rotatable bonds is 17. The van der Waals surface area contributed by atoms with Gasteiger partial charge >= 0.3 is 0 Å². The Bertz CT molecular complexity index is 1070. The normalized spacial score (nSPS) is 18.5. The molecular formula is C35H54FN3O. The van der Waals surface area contributed by atoms with E-state index in [9.17, 15) is 4.39 Å². The molecule has 1 aromatic carbocycles. The molecule has 0 saturated carbocycles. The van der Waals surface area contributed by atoms with E-state index in [-0.39, 0.29) is 5.82 Å². The molecule has 4 nitrogen and oxygen atoms in total. The fourth-order valence-electron chi connectivity index (χ4n) is 6.85. The van der Waals surface area contributed by atoms with E-state index in [1.807, 2.05) is 6.07 Å². The van der Waals surface area contributed by atoms with Gasteiger partial charge in [0, 0.05) is 35.2 Å². The number of piperidine rings is 1. The van der Waals surface area contributed by atoms with Gasteiger partial charge in [0.1, 0.15) is 5.82 Å². The van der Waals surface area contributed by atoms with Crippen LogP contribution in [0.1, 0.15) is 129 Å². The maximum Gasteiger partial charge on any atom is 0.170 e. The number of nitrogens with zero attached hydrogens (tertiary/aromatic N) is 3. The van der Waals surface area contributed by atoms with Crippen molar-refractivity contribution >= 4 is 17.2 Å². The van der Waals surface area contributed by atoms with Gasteiger partial charge < -0.3 is 9.42 Å². The summed E-state index contributed by atoms with van der Waals surface area (Å²) in [5.41, 5.74) is 2.97. The topological polar surface area (TPSA) is 41.6 Å². The average Bonchev–Trinajstić information content (AvgIpc) is 3.39. The molecule has 0 aliphatic carbocycles. The Balaban J connectivity index is 1.15. The number of aliphatic imine (C=N–C) groups is 1. The first kappa shape index (κ1) is 30.9. The lowest BCUT2D eigenvalue weighted by atomic mass is 9.85. The second-order valence-electron chi connectivity index (χ2n) is 12.8. The van der Waals surface area contributed by atoms with E-state index in [4.69, 9.17) is 9.52 Å². The molecule has 2 atom stereocenters. The molecule has 2 aliphatic rings. The SMILES string of the molecule is CCCCCCC(CCCCCC(CCN1CCC(c2noc3cc(F)ccc23)CC1)C(C)C)C1=CCCC=N1. The number of fused-ring (bicyclic) bond motifs is 1. The summed E-state index contributed by atoms with van der Waals surface area (Å²) in [4.78, 5) is 7.44. The maximum absolute atomic E-state index is 13.5. The van der Waals surface area contributed by atoms with Crippen molar-refractivity contribution in [3.05, 3.63) is 41.5 Å². The number of aromatic nitrogens is 1. The molecule has 0 spiro atoms. The predicted octanol–water partition coefficient (Wildman–Crippen LogP) is 10.1. The van der Waals surface area contributed by atoms with Crippen LogP contribution in [-0.4, -0.2) is 35.9 Å². The minimum absolute atomic E-state index is 0.265. The molecule has 4 rings (SSSR count). The molecule has 1 saturated heterocycles. The van der Waals surface area contributed by atoms with Crippen LogP contribution in [0.5, 0.6) is 0 Å². The maximum atomic E-state index is 13.5. The van der Waals surface area contributed by atoms with E-state index in [0.717, 1.165) is 55.3 Å². The largest absolute Gasteiger partial charge is 0.356 e. The van der Waals surface area contributed by atoms with Gasteiger partial charge in [-0.15, -0.1) is 0 Å². The number of hydrogen-bond donors (Lipinski definition) is 0. The Morgan fingerprint density at radius 1 is 0.950 bits per heavy atom. The smallest absolute Gasteiger partial charge is 0.170 e. The third kappa shape index (κ3) is 9.26. The van der Waals surface area contributed by atoms with E-state index >= 15 is 0 Å². The van der Waals surface area contributed by atoms with Gasteiger partial charge in [0.2, 0.25) is 0 Å². The number of allylic oxidation sites excluding steroid dienone is 2. The molecule has 0 radical (unpaired) electrons.